The third-order valence-electron chi connectivity index (χ3n) is 0.650. The van der Waals surface area contributed by atoms with Gasteiger partial charge in [0.1, 0.15) is 0 Å². The second-order valence-corrected chi connectivity index (χ2v) is 1.29. The van der Waals surface area contributed by atoms with Crippen molar-refractivity contribution in [1.82, 2.24) is 0 Å². The Balaban J connectivity index is 3.18. The summed E-state index contributed by atoms with van der Waals surface area (Å²) < 4.78 is 11.8. The van der Waals surface area contributed by atoms with Gasteiger partial charge in [0.15, 0.2) is 6.17 Å². The molecule has 8 heavy (non-hydrogen) atoms. The molecular formula is C5H5FN2. The highest BCUT2D eigenvalue weighted by Crippen LogP contribution is 1.97. The number of hydrogen-bond acceptors (Lipinski definition) is 2. The van der Waals surface area contributed by atoms with E-state index in [2.05, 4.69) is 0 Å². The van der Waals surface area contributed by atoms with Crippen LogP contribution in [-0.4, -0.2) is 6.17 Å². The normalized spacial score (nSPS) is 11.4. The number of nitriles is 2. The van der Waals surface area contributed by atoms with Crippen LogP contribution in [0.1, 0.15) is 12.8 Å². The molecule has 0 fully saturated rings. The lowest BCUT2D eigenvalue weighted by Gasteiger charge is -1.87. The molecule has 0 saturated heterocycles. The van der Waals surface area contributed by atoms with E-state index in [4.69, 9.17) is 10.5 Å². The van der Waals surface area contributed by atoms with Crippen molar-refractivity contribution in [3.63, 3.8) is 0 Å². The van der Waals surface area contributed by atoms with Crippen molar-refractivity contribution < 1.29 is 4.39 Å². The number of halogens is 1. The lowest BCUT2D eigenvalue weighted by atomic mass is 10.2. The summed E-state index contributed by atoms with van der Waals surface area (Å²) >= 11 is 0. The topological polar surface area (TPSA) is 47.6 Å². The fourth-order valence-corrected chi connectivity index (χ4v) is 0.256. The minimum Gasteiger partial charge on any atom is -0.231 e. The maximum absolute atomic E-state index is 11.8. The first-order valence-corrected chi connectivity index (χ1v) is 2.22. The van der Waals surface area contributed by atoms with E-state index in [1.807, 2.05) is 0 Å². The van der Waals surface area contributed by atoms with E-state index in [1.165, 1.54) is 6.07 Å². The molecule has 1 unspecified atom stereocenters. The molecule has 0 aliphatic heterocycles. The van der Waals surface area contributed by atoms with Gasteiger partial charge in [-0.25, -0.2) is 4.39 Å². The van der Waals surface area contributed by atoms with Gasteiger partial charge in [0, 0.05) is 12.8 Å². The molecule has 0 spiro atoms. The highest BCUT2D eigenvalue weighted by molar-refractivity contribution is 4.85. The molecule has 0 aliphatic rings. The number of alkyl halides is 1. The molecule has 0 amide bonds. The average molecular weight is 112 g/mol. The van der Waals surface area contributed by atoms with Crippen LogP contribution in [-0.2, 0) is 0 Å². The smallest absolute Gasteiger partial charge is 0.187 e. The Morgan fingerprint density at radius 2 is 2.12 bits per heavy atom. The van der Waals surface area contributed by atoms with Crippen LogP contribution in [0.15, 0.2) is 0 Å². The summed E-state index contributed by atoms with van der Waals surface area (Å²) in [5.41, 5.74) is 0. The van der Waals surface area contributed by atoms with Crippen LogP contribution in [0.25, 0.3) is 0 Å². The molecular weight excluding hydrogens is 107 g/mol. The summed E-state index contributed by atoms with van der Waals surface area (Å²) in [7, 11) is 0. The first-order valence-electron chi connectivity index (χ1n) is 2.22. The third-order valence-corrected chi connectivity index (χ3v) is 0.650. The summed E-state index contributed by atoms with van der Waals surface area (Å²) in [6.45, 7) is 0. The Kier molecular flexibility index (Phi) is 3.52. The Morgan fingerprint density at radius 3 is 2.50 bits per heavy atom. The Bertz CT molecular complexity index is 130. The van der Waals surface area contributed by atoms with Crippen LogP contribution < -0.4 is 0 Å². The summed E-state index contributed by atoms with van der Waals surface area (Å²) in [6, 6.07) is 3.12. The van der Waals surface area contributed by atoms with Gasteiger partial charge in [-0.2, -0.15) is 10.5 Å². The van der Waals surface area contributed by atoms with Crippen molar-refractivity contribution in [3.8, 4) is 12.1 Å². The number of rotatable bonds is 2. The lowest BCUT2D eigenvalue weighted by molar-refractivity contribution is 0.390. The molecule has 0 N–H and O–H groups in total. The molecule has 0 bridgehead atoms. The van der Waals surface area contributed by atoms with Gasteiger partial charge in [-0.15, -0.1) is 0 Å². The zero-order chi connectivity index (χ0) is 6.41. The van der Waals surface area contributed by atoms with Gasteiger partial charge in [-0.3, -0.25) is 0 Å². The minimum atomic E-state index is -1.46. The summed E-state index contributed by atoms with van der Waals surface area (Å²) in [6.07, 6.45) is -1.31. The molecule has 0 aromatic rings. The van der Waals surface area contributed by atoms with Crippen molar-refractivity contribution in [2.45, 2.75) is 19.0 Å². The van der Waals surface area contributed by atoms with E-state index in [9.17, 15) is 4.39 Å². The predicted molar refractivity (Wildman–Crippen MR) is 25.4 cm³/mol. The van der Waals surface area contributed by atoms with Crippen molar-refractivity contribution in [1.29, 1.82) is 10.5 Å². The highest BCUT2D eigenvalue weighted by Gasteiger charge is 2.00. The van der Waals surface area contributed by atoms with Gasteiger partial charge >= 0.3 is 0 Å². The van der Waals surface area contributed by atoms with Crippen LogP contribution in [0.4, 0.5) is 4.39 Å². The Hall–Kier alpha value is -1.09. The van der Waals surface area contributed by atoms with Gasteiger partial charge in [-0.1, -0.05) is 0 Å². The molecule has 0 aromatic heterocycles. The Morgan fingerprint density at radius 1 is 1.50 bits per heavy atom. The average Bonchev–Trinajstić information content (AvgIpc) is 1.83. The quantitative estimate of drug-likeness (QED) is 0.538. The van der Waals surface area contributed by atoms with Crippen molar-refractivity contribution >= 4 is 0 Å². The molecule has 0 radical (unpaired) electrons. The van der Waals surface area contributed by atoms with Crippen LogP contribution >= 0.6 is 0 Å². The minimum absolute atomic E-state index is 0.0347. The zero-order valence-corrected chi connectivity index (χ0v) is 4.26. The molecule has 0 heterocycles. The van der Waals surface area contributed by atoms with Crippen molar-refractivity contribution in [2.24, 2.45) is 0 Å². The predicted octanol–water partition coefficient (Wildman–Crippen LogP) is 1.15. The van der Waals surface area contributed by atoms with Gasteiger partial charge in [0.25, 0.3) is 0 Å². The maximum Gasteiger partial charge on any atom is 0.187 e. The molecule has 0 saturated carbocycles. The lowest BCUT2D eigenvalue weighted by Crippen LogP contribution is -1.92. The Labute approximate surface area is 47.1 Å². The zero-order valence-electron chi connectivity index (χ0n) is 4.26. The summed E-state index contributed by atoms with van der Waals surface area (Å²) in [4.78, 5) is 0. The van der Waals surface area contributed by atoms with Crippen LogP contribution in [0.5, 0.6) is 0 Å². The maximum atomic E-state index is 11.8. The van der Waals surface area contributed by atoms with E-state index >= 15 is 0 Å². The number of hydrogen-bond donors (Lipinski definition) is 0. The van der Waals surface area contributed by atoms with E-state index in [0.29, 0.717) is 0 Å². The molecule has 3 heteroatoms. The van der Waals surface area contributed by atoms with E-state index in [-0.39, 0.29) is 12.8 Å². The summed E-state index contributed by atoms with van der Waals surface area (Å²) in [5.74, 6) is 0. The van der Waals surface area contributed by atoms with E-state index in [1.54, 1.807) is 6.07 Å². The van der Waals surface area contributed by atoms with Crippen LogP contribution in [0.3, 0.4) is 0 Å². The van der Waals surface area contributed by atoms with Crippen LogP contribution in [0.2, 0.25) is 0 Å². The first-order chi connectivity index (χ1) is 3.81. The molecule has 1 atom stereocenters. The van der Waals surface area contributed by atoms with E-state index in [0.717, 1.165) is 0 Å². The van der Waals surface area contributed by atoms with Gasteiger partial charge in [-0.05, 0) is 0 Å². The standard InChI is InChI=1S/C5H5FN2/c6-5(4-8)2-1-3-7/h5H,1-2H2. The van der Waals surface area contributed by atoms with Crippen molar-refractivity contribution in [2.75, 3.05) is 0 Å². The number of nitrogens with zero attached hydrogens (tertiary/aromatic N) is 2. The second-order valence-electron chi connectivity index (χ2n) is 1.29. The largest absolute Gasteiger partial charge is 0.231 e. The molecule has 0 aromatic carbocycles. The monoisotopic (exact) mass is 112 g/mol. The first kappa shape index (κ1) is 6.91. The molecule has 0 rings (SSSR count). The van der Waals surface area contributed by atoms with Crippen LogP contribution in [0, 0.1) is 22.7 Å². The fraction of sp³-hybridized carbons (Fsp3) is 0.600. The van der Waals surface area contributed by atoms with Crippen molar-refractivity contribution in [3.05, 3.63) is 0 Å². The van der Waals surface area contributed by atoms with E-state index < -0.39 is 6.17 Å². The molecule has 2 nitrogen and oxygen atoms in total. The SMILES string of the molecule is N#CCCC(F)C#N. The summed E-state index contributed by atoms with van der Waals surface area (Å²) in [5, 5.41) is 15.7. The molecule has 0 aliphatic carbocycles. The van der Waals surface area contributed by atoms with Gasteiger partial charge in [0.05, 0.1) is 12.1 Å². The van der Waals surface area contributed by atoms with Gasteiger partial charge in [0.2, 0.25) is 0 Å². The fourth-order valence-electron chi connectivity index (χ4n) is 0.256. The van der Waals surface area contributed by atoms with Gasteiger partial charge < -0.3 is 0 Å². The second kappa shape index (κ2) is 4.08. The third kappa shape index (κ3) is 3.11. The molecule has 42 valence electrons. The highest BCUT2D eigenvalue weighted by atomic mass is 19.1.